The summed E-state index contributed by atoms with van der Waals surface area (Å²) in [4.78, 5) is 41.4. The van der Waals surface area contributed by atoms with Crippen LogP contribution < -0.4 is 5.73 Å². The second kappa shape index (κ2) is 18.9. The summed E-state index contributed by atoms with van der Waals surface area (Å²) in [6, 6.07) is 27.4. The van der Waals surface area contributed by atoms with E-state index < -0.39 is 24.2 Å². The van der Waals surface area contributed by atoms with Gasteiger partial charge in [0.1, 0.15) is 25.9 Å². The van der Waals surface area contributed by atoms with Gasteiger partial charge in [0.15, 0.2) is 0 Å². The molecule has 1 atom stereocenters. The Labute approximate surface area is 254 Å². The number of amides is 2. The molecular weight excluding hydrogens is 546 g/mol. The monoisotopic (exact) mass is 588 g/mol. The Morgan fingerprint density at radius 2 is 1.00 bits per heavy atom. The van der Waals surface area contributed by atoms with Crippen molar-refractivity contribution in [2.45, 2.75) is 51.5 Å². The van der Waals surface area contributed by atoms with Crippen LogP contribution in [0.1, 0.15) is 42.4 Å². The van der Waals surface area contributed by atoms with Crippen LogP contribution in [0.2, 0.25) is 0 Å². The van der Waals surface area contributed by atoms with Gasteiger partial charge in [-0.2, -0.15) is 0 Å². The van der Waals surface area contributed by atoms with E-state index in [1.54, 1.807) is 9.80 Å². The number of carbonyl (C=O) groups is 3. The summed E-state index contributed by atoms with van der Waals surface area (Å²) in [7, 11) is 0. The molecule has 3 rings (SSSR count). The van der Waals surface area contributed by atoms with Gasteiger partial charge in [0.05, 0.1) is 0 Å². The molecule has 0 aliphatic heterocycles. The highest BCUT2D eigenvalue weighted by Gasteiger charge is 2.21. The van der Waals surface area contributed by atoms with Gasteiger partial charge >= 0.3 is 18.2 Å². The highest BCUT2D eigenvalue weighted by Crippen LogP contribution is 2.10. The first-order valence-electron chi connectivity index (χ1n) is 14.6. The van der Waals surface area contributed by atoms with Crippen molar-refractivity contribution in [3.05, 3.63) is 115 Å². The Kier molecular flexibility index (Phi) is 14.6. The number of unbranched alkanes of at least 4 members (excludes halogenated alkanes) is 1. The van der Waals surface area contributed by atoms with Gasteiger partial charge in [0, 0.05) is 26.2 Å². The Balaban J connectivity index is 1.49. The molecule has 2 amide bonds. The molecule has 2 N–H and O–H groups in total. The normalized spacial score (nSPS) is 11.3. The van der Waals surface area contributed by atoms with Gasteiger partial charge in [-0.15, -0.1) is 0 Å². The van der Waals surface area contributed by atoms with Crippen LogP contribution in [0.15, 0.2) is 91.0 Å². The maximum atomic E-state index is 13.0. The molecule has 3 aromatic rings. The van der Waals surface area contributed by atoms with Crippen molar-refractivity contribution in [3.63, 3.8) is 0 Å². The molecule has 0 aromatic heterocycles. The first-order valence-corrected chi connectivity index (χ1v) is 14.6. The number of esters is 1. The summed E-state index contributed by atoms with van der Waals surface area (Å²) >= 11 is 0. The summed E-state index contributed by atoms with van der Waals surface area (Å²) < 4.78 is 16.4. The van der Waals surface area contributed by atoms with Crippen LogP contribution in [0.5, 0.6) is 0 Å². The maximum absolute atomic E-state index is 13.0. The molecule has 0 saturated carbocycles. The van der Waals surface area contributed by atoms with E-state index in [0.29, 0.717) is 38.9 Å². The van der Waals surface area contributed by atoms with Crippen LogP contribution in [-0.2, 0) is 38.8 Å². The molecule has 0 heterocycles. The molecule has 0 fully saturated rings. The number of carbonyl (C=O) groups excluding carboxylic acids is 3. The lowest BCUT2D eigenvalue weighted by molar-refractivity contribution is -0.146. The van der Waals surface area contributed by atoms with E-state index in [4.69, 9.17) is 19.9 Å². The quantitative estimate of drug-likeness (QED) is 0.122. The van der Waals surface area contributed by atoms with E-state index in [2.05, 4.69) is 6.92 Å². The average Bonchev–Trinajstić information content (AvgIpc) is 3.05. The van der Waals surface area contributed by atoms with Crippen LogP contribution in [0.25, 0.3) is 0 Å². The van der Waals surface area contributed by atoms with E-state index in [9.17, 15) is 14.4 Å². The average molecular weight is 589 g/mol. The molecule has 0 spiro atoms. The van der Waals surface area contributed by atoms with Crippen LogP contribution >= 0.6 is 0 Å². The first-order chi connectivity index (χ1) is 21.0. The molecule has 0 aliphatic rings. The molecule has 0 bridgehead atoms. The zero-order chi connectivity index (χ0) is 30.7. The van der Waals surface area contributed by atoms with Crippen molar-refractivity contribution in [1.82, 2.24) is 9.80 Å². The van der Waals surface area contributed by atoms with Crippen LogP contribution in [0, 0.1) is 6.92 Å². The van der Waals surface area contributed by atoms with Gasteiger partial charge in [-0.3, -0.25) is 4.79 Å². The summed E-state index contributed by atoms with van der Waals surface area (Å²) in [5.41, 5.74) is 8.76. The lowest BCUT2D eigenvalue weighted by Gasteiger charge is -2.25. The van der Waals surface area contributed by atoms with Gasteiger partial charge in [-0.05, 0) is 42.4 Å². The minimum atomic E-state index is -0.889. The predicted molar refractivity (Wildman–Crippen MR) is 164 cm³/mol. The van der Waals surface area contributed by atoms with E-state index in [-0.39, 0.29) is 32.8 Å². The largest absolute Gasteiger partial charge is 0.460 e. The van der Waals surface area contributed by atoms with Crippen molar-refractivity contribution in [1.29, 1.82) is 0 Å². The number of ether oxygens (including phenoxy) is 3. The zero-order valence-electron chi connectivity index (χ0n) is 24.6. The second-order valence-electron chi connectivity index (χ2n) is 10.1. The standard InChI is InChI=1S/C34H42N3O6/c1-2-21-36(33(39)42-26-29-16-8-4-9-17-29)22-12-13-23-37(34(40)43-27-30-18-10-5-11-19-30)24-20-31(35)32(38)41-25-28-14-6-3-7-15-28/h3-11,14-19,31H,1-2,12-13,20-27,35H2. The lowest BCUT2D eigenvalue weighted by Crippen LogP contribution is -2.40. The topological polar surface area (TPSA) is 111 Å². The number of rotatable bonds is 17. The van der Waals surface area contributed by atoms with E-state index in [0.717, 1.165) is 16.7 Å². The van der Waals surface area contributed by atoms with Crippen LogP contribution in [0.3, 0.4) is 0 Å². The minimum Gasteiger partial charge on any atom is -0.460 e. The number of hydrogen-bond donors (Lipinski definition) is 1. The van der Waals surface area contributed by atoms with Crippen molar-refractivity contribution < 1.29 is 28.6 Å². The molecule has 0 saturated heterocycles. The maximum Gasteiger partial charge on any atom is 0.410 e. The smallest absolute Gasteiger partial charge is 0.410 e. The highest BCUT2D eigenvalue weighted by molar-refractivity contribution is 5.75. The summed E-state index contributed by atoms with van der Waals surface area (Å²) in [5, 5.41) is 0. The fourth-order valence-corrected chi connectivity index (χ4v) is 4.25. The number of nitrogens with two attached hydrogens (primary N) is 1. The summed E-state index contributed by atoms with van der Waals surface area (Å²) in [6.45, 7) is 5.85. The summed E-state index contributed by atoms with van der Waals surface area (Å²) in [5.74, 6) is -0.528. The Morgan fingerprint density at radius 1 is 0.605 bits per heavy atom. The van der Waals surface area contributed by atoms with Crippen LogP contribution in [0.4, 0.5) is 9.59 Å². The number of nitrogens with zero attached hydrogens (tertiary/aromatic N) is 2. The fraction of sp³-hybridized carbons (Fsp3) is 0.353. The van der Waals surface area contributed by atoms with Gasteiger partial charge < -0.3 is 29.7 Å². The third kappa shape index (κ3) is 12.6. The van der Waals surface area contributed by atoms with Gasteiger partial charge in [0.2, 0.25) is 0 Å². The molecule has 9 nitrogen and oxygen atoms in total. The Hall–Kier alpha value is -4.37. The Morgan fingerprint density at radius 3 is 1.42 bits per heavy atom. The van der Waals surface area contributed by atoms with Gasteiger partial charge in [-0.25, -0.2) is 9.59 Å². The predicted octanol–water partition coefficient (Wildman–Crippen LogP) is 5.73. The molecule has 43 heavy (non-hydrogen) atoms. The Bertz CT molecular complexity index is 1230. The van der Waals surface area contributed by atoms with Gasteiger partial charge in [0.25, 0.3) is 0 Å². The molecule has 3 aromatic carbocycles. The third-order valence-electron chi connectivity index (χ3n) is 6.70. The first kappa shape index (κ1) is 33.1. The minimum absolute atomic E-state index is 0.131. The molecule has 1 unspecified atom stereocenters. The molecule has 9 heteroatoms. The van der Waals surface area contributed by atoms with E-state index in [1.165, 1.54) is 0 Å². The van der Waals surface area contributed by atoms with Gasteiger partial charge in [-0.1, -0.05) is 97.9 Å². The summed E-state index contributed by atoms with van der Waals surface area (Å²) in [6.07, 6.45) is 1.11. The van der Waals surface area contributed by atoms with E-state index in [1.807, 2.05) is 91.0 Å². The molecular formula is C34H42N3O6. The number of benzene rings is 3. The molecule has 0 aliphatic carbocycles. The third-order valence-corrected chi connectivity index (χ3v) is 6.70. The zero-order valence-corrected chi connectivity index (χ0v) is 24.6. The fourth-order valence-electron chi connectivity index (χ4n) is 4.25. The van der Waals surface area contributed by atoms with Crippen molar-refractivity contribution in [2.24, 2.45) is 5.73 Å². The van der Waals surface area contributed by atoms with Crippen molar-refractivity contribution in [3.8, 4) is 0 Å². The molecule has 1 radical (unpaired) electrons. The van der Waals surface area contributed by atoms with Crippen molar-refractivity contribution >= 4 is 18.2 Å². The van der Waals surface area contributed by atoms with Crippen molar-refractivity contribution in [2.75, 3.05) is 26.2 Å². The second-order valence-corrected chi connectivity index (χ2v) is 10.1. The lowest BCUT2D eigenvalue weighted by atomic mass is 10.2. The SMILES string of the molecule is [CH2]CCN(CCCCN(CCC(N)C(=O)OCc1ccccc1)C(=O)OCc1ccccc1)C(=O)OCc1ccccc1. The van der Waals surface area contributed by atoms with Crippen LogP contribution in [-0.4, -0.2) is 60.2 Å². The number of hydrogen-bond acceptors (Lipinski definition) is 7. The highest BCUT2D eigenvalue weighted by atomic mass is 16.6. The van der Waals surface area contributed by atoms with E-state index >= 15 is 0 Å². The molecule has 229 valence electrons.